The second-order valence-corrected chi connectivity index (χ2v) is 11.7. The molecule has 0 radical (unpaired) electrons. The van der Waals surface area contributed by atoms with Crippen LogP contribution in [0.3, 0.4) is 0 Å². The highest BCUT2D eigenvalue weighted by atomic mass is 79.9. The number of carbonyl (C=O) groups excluding carboxylic acids is 1. The Morgan fingerprint density at radius 1 is 1.10 bits per heavy atom. The Morgan fingerprint density at radius 2 is 1.83 bits per heavy atom. The summed E-state index contributed by atoms with van der Waals surface area (Å²) < 4.78 is 14.5. The standard InChI is InChI=1S/C32H30BrN3O4S/c1-5-39-31(38)28-20(2)34-32-36(29(28)22-11-14-25(15-12-22)35(3)4)30(37)27(41-32)18-23-17-24(33)13-16-26(23)40-19-21-9-7-6-8-10-21/h6-18,29H,5,19H2,1-4H3/t29-/m0/s1. The summed E-state index contributed by atoms with van der Waals surface area (Å²) in [4.78, 5) is 34.4. The maximum Gasteiger partial charge on any atom is 0.338 e. The van der Waals surface area contributed by atoms with Crippen LogP contribution in [0.1, 0.15) is 36.6 Å². The minimum Gasteiger partial charge on any atom is -0.488 e. The van der Waals surface area contributed by atoms with E-state index in [-0.39, 0.29) is 12.2 Å². The Kier molecular flexibility index (Phi) is 8.56. The minimum absolute atomic E-state index is 0.223. The molecule has 5 rings (SSSR count). The minimum atomic E-state index is -0.667. The number of thiazole rings is 1. The molecule has 0 aliphatic carbocycles. The third-order valence-corrected chi connectivity index (χ3v) is 8.21. The first-order chi connectivity index (χ1) is 19.8. The highest BCUT2D eigenvalue weighted by molar-refractivity contribution is 9.10. The van der Waals surface area contributed by atoms with Crippen LogP contribution in [0.25, 0.3) is 6.08 Å². The molecule has 9 heteroatoms. The van der Waals surface area contributed by atoms with Gasteiger partial charge >= 0.3 is 5.97 Å². The predicted molar refractivity (Wildman–Crippen MR) is 166 cm³/mol. The second kappa shape index (κ2) is 12.3. The number of allylic oxidation sites excluding steroid dienone is 1. The molecular weight excluding hydrogens is 602 g/mol. The maximum atomic E-state index is 14.0. The molecule has 0 unspecified atom stereocenters. The van der Waals surface area contributed by atoms with Crippen LogP contribution in [0.4, 0.5) is 5.69 Å². The molecule has 1 atom stereocenters. The van der Waals surface area contributed by atoms with Crippen molar-refractivity contribution in [3.63, 3.8) is 0 Å². The molecule has 1 aromatic heterocycles. The van der Waals surface area contributed by atoms with Gasteiger partial charge < -0.3 is 14.4 Å². The van der Waals surface area contributed by atoms with E-state index in [1.807, 2.05) is 97.9 Å². The van der Waals surface area contributed by atoms with Crippen LogP contribution >= 0.6 is 27.3 Å². The molecule has 210 valence electrons. The molecule has 1 aliphatic heterocycles. The lowest BCUT2D eigenvalue weighted by atomic mass is 9.95. The number of nitrogens with zero attached hydrogens (tertiary/aromatic N) is 3. The fourth-order valence-electron chi connectivity index (χ4n) is 4.70. The highest BCUT2D eigenvalue weighted by Crippen LogP contribution is 2.32. The van der Waals surface area contributed by atoms with Crippen LogP contribution in [0.5, 0.6) is 5.75 Å². The average molecular weight is 633 g/mol. The van der Waals surface area contributed by atoms with Crippen molar-refractivity contribution in [1.29, 1.82) is 0 Å². The summed E-state index contributed by atoms with van der Waals surface area (Å²) in [6.45, 7) is 4.17. The van der Waals surface area contributed by atoms with Gasteiger partial charge in [0.15, 0.2) is 4.80 Å². The number of ether oxygens (including phenoxy) is 2. The molecule has 4 aromatic rings. The van der Waals surface area contributed by atoms with Crippen molar-refractivity contribution >= 4 is 45.0 Å². The van der Waals surface area contributed by atoms with Gasteiger partial charge in [-0.05, 0) is 61.4 Å². The summed E-state index contributed by atoms with van der Waals surface area (Å²) in [5.41, 5.74) is 4.27. The number of hydrogen-bond donors (Lipinski definition) is 0. The summed E-state index contributed by atoms with van der Waals surface area (Å²) in [5, 5.41) is 0. The van der Waals surface area contributed by atoms with E-state index in [0.717, 1.165) is 26.9 Å². The van der Waals surface area contributed by atoms with Crippen LogP contribution in [0.15, 0.2) is 98.3 Å². The van der Waals surface area contributed by atoms with Gasteiger partial charge in [0.25, 0.3) is 5.56 Å². The fourth-order valence-corrected chi connectivity index (χ4v) is 6.12. The lowest BCUT2D eigenvalue weighted by Crippen LogP contribution is -2.40. The van der Waals surface area contributed by atoms with Crippen molar-refractivity contribution in [2.24, 2.45) is 4.99 Å². The van der Waals surface area contributed by atoms with Gasteiger partial charge in [-0.15, -0.1) is 0 Å². The number of halogens is 1. The first-order valence-corrected chi connectivity index (χ1v) is 14.8. The zero-order valence-electron chi connectivity index (χ0n) is 23.3. The van der Waals surface area contributed by atoms with E-state index in [1.54, 1.807) is 18.4 Å². The van der Waals surface area contributed by atoms with E-state index in [4.69, 9.17) is 9.47 Å². The lowest BCUT2D eigenvalue weighted by Gasteiger charge is -2.25. The third kappa shape index (κ3) is 6.06. The van der Waals surface area contributed by atoms with Crippen molar-refractivity contribution in [2.45, 2.75) is 26.5 Å². The summed E-state index contributed by atoms with van der Waals surface area (Å²) in [6.07, 6.45) is 1.82. The second-order valence-electron chi connectivity index (χ2n) is 9.74. The molecule has 3 aromatic carbocycles. The zero-order chi connectivity index (χ0) is 29.1. The molecule has 41 heavy (non-hydrogen) atoms. The van der Waals surface area contributed by atoms with E-state index >= 15 is 0 Å². The van der Waals surface area contributed by atoms with Gasteiger partial charge in [-0.2, -0.15) is 0 Å². The summed E-state index contributed by atoms with van der Waals surface area (Å²) in [7, 11) is 3.93. The molecule has 0 saturated heterocycles. The van der Waals surface area contributed by atoms with Crippen molar-refractivity contribution in [2.75, 3.05) is 25.6 Å². The van der Waals surface area contributed by atoms with Crippen molar-refractivity contribution in [3.05, 3.63) is 125 Å². The maximum absolute atomic E-state index is 14.0. The summed E-state index contributed by atoms with van der Waals surface area (Å²) in [5.74, 6) is 0.176. The number of hydrogen-bond acceptors (Lipinski definition) is 7. The molecule has 2 heterocycles. The van der Waals surface area contributed by atoms with Gasteiger partial charge in [-0.25, -0.2) is 9.79 Å². The first kappa shape index (κ1) is 28.6. The normalized spacial score (nSPS) is 14.9. The monoisotopic (exact) mass is 631 g/mol. The number of anilines is 1. The number of carbonyl (C=O) groups is 1. The van der Waals surface area contributed by atoms with Crippen LogP contribution in [-0.2, 0) is 16.1 Å². The third-order valence-electron chi connectivity index (χ3n) is 6.74. The number of rotatable bonds is 8. The van der Waals surface area contributed by atoms with E-state index in [9.17, 15) is 9.59 Å². The smallest absolute Gasteiger partial charge is 0.338 e. The van der Waals surface area contributed by atoms with E-state index < -0.39 is 12.0 Å². The number of fused-ring (bicyclic) bond motifs is 1. The van der Waals surface area contributed by atoms with Crippen molar-refractivity contribution in [3.8, 4) is 5.75 Å². The molecule has 0 amide bonds. The van der Waals surface area contributed by atoms with E-state index in [1.165, 1.54) is 11.3 Å². The van der Waals surface area contributed by atoms with Gasteiger partial charge in [0.1, 0.15) is 12.4 Å². The highest BCUT2D eigenvalue weighted by Gasteiger charge is 2.33. The summed E-state index contributed by atoms with van der Waals surface area (Å²) in [6, 6.07) is 22.8. The Morgan fingerprint density at radius 3 is 2.51 bits per heavy atom. The summed E-state index contributed by atoms with van der Waals surface area (Å²) >= 11 is 4.83. The van der Waals surface area contributed by atoms with Crippen LogP contribution in [-0.4, -0.2) is 31.2 Å². The van der Waals surface area contributed by atoms with E-state index in [0.29, 0.717) is 33.0 Å². The largest absolute Gasteiger partial charge is 0.488 e. The van der Waals surface area contributed by atoms with Crippen molar-refractivity contribution in [1.82, 2.24) is 4.57 Å². The average Bonchev–Trinajstić information content (AvgIpc) is 3.26. The molecule has 0 saturated carbocycles. The Balaban J connectivity index is 1.63. The SMILES string of the molecule is CCOC(=O)C1=C(C)N=c2sc(=Cc3cc(Br)ccc3OCc3ccccc3)c(=O)n2[C@H]1c1ccc(N(C)C)cc1. The molecule has 0 bridgehead atoms. The first-order valence-electron chi connectivity index (χ1n) is 13.2. The molecule has 0 N–H and O–H groups in total. The van der Waals surface area contributed by atoms with Crippen molar-refractivity contribution < 1.29 is 14.3 Å². The van der Waals surface area contributed by atoms with Gasteiger partial charge in [0.2, 0.25) is 0 Å². The van der Waals surface area contributed by atoms with Gasteiger partial charge in [-0.1, -0.05) is 69.7 Å². The Hall–Kier alpha value is -3.95. The Labute approximate surface area is 250 Å². The van der Waals surface area contributed by atoms with Crippen LogP contribution in [0, 0.1) is 0 Å². The fraction of sp³-hybridized carbons (Fsp3) is 0.219. The van der Waals surface area contributed by atoms with Crippen LogP contribution in [0.2, 0.25) is 0 Å². The molecule has 0 fully saturated rings. The molecule has 7 nitrogen and oxygen atoms in total. The molecular formula is C32H30BrN3O4S. The topological polar surface area (TPSA) is 73.1 Å². The molecule has 0 spiro atoms. The zero-order valence-corrected chi connectivity index (χ0v) is 25.7. The quantitative estimate of drug-likeness (QED) is 0.250. The predicted octanol–water partition coefficient (Wildman–Crippen LogP) is 5.21. The lowest BCUT2D eigenvalue weighted by molar-refractivity contribution is -0.139. The number of aromatic nitrogens is 1. The van der Waals surface area contributed by atoms with Gasteiger partial charge in [-0.3, -0.25) is 9.36 Å². The van der Waals surface area contributed by atoms with E-state index in [2.05, 4.69) is 20.9 Å². The van der Waals surface area contributed by atoms with Gasteiger partial charge in [0.05, 0.1) is 28.5 Å². The number of benzene rings is 3. The van der Waals surface area contributed by atoms with Gasteiger partial charge in [0, 0.05) is 29.8 Å². The number of esters is 1. The Bertz CT molecular complexity index is 1790. The van der Waals surface area contributed by atoms with Crippen LogP contribution < -0.4 is 24.5 Å². The molecule has 1 aliphatic rings.